The SMILES string of the molecule is CC(C)(C)OC(=O)NCCNCc1ccc2ncccc2c1. The molecule has 2 aromatic rings. The number of alkyl carbamates (subject to hydrolysis) is 1. The molecule has 0 bridgehead atoms. The molecule has 0 unspecified atom stereocenters. The van der Waals surface area contributed by atoms with E-state index in [0.717, 1.165) is 17.4 Å². The summed E-state index contributed by atoms with van der Waals surface area (Å²) in [5.74, 6) is 0. The van der Waals surface area contributed by atoms with Crippen LogP contribution in [-0.4, -0.2) is 29.8 Å². The lowest BCUT2D eigenvalue weighted by Crippen LogP contribution is -2.36. The van der Waals surface area contributed by atoms with Crippen LogP contribution in [0.5, 0.6) is 0 Å². The van der Waals surface area contributed by atoms with E-state index in [1.54, 1.807) is 6.20 Å². The van der Waals surface area contributed by atoms with Gasteiger partial charge in [-0.3, -0.25) is 4.98 Å². The summed E-state index contributed by atoms with van der Waals surface area (Å²) in [4.78, 5) is 15.8. The zero-order valence-electron chi connectivity index (χ0n) is 13.3. The Bertz CT molecular complexity index is 635. The smallest absolute Gasteiger partial charge is 0.407 e. The minimum absolute atomic E-state index is 0.383. The monoisotopic (exact) mass is 301 g/mol. The van der Waals surface area contributed by atoms with Crippen molar-refractivity contribution in [3.63, 3.8) is 0 Å². The van der Waals surface area contributed by atoms with Crippen LogP contribution >= 0.6 is 0 Å². The predicted molar refractivity (Wildman–Crippen MR) is 87.7 cm³/mol. The van der Waals surface area contributed by atoms with Crippen LogP contribution in [0.15, 0.2) is 36.5 Å². The van der Waals surface area contributed by atoms with E-state index < -0.39 is 5.60 Å². The second-order valence-corrected chi connectivity index (χ2v) is 6.14. The third-order valence-electron chi connectivity index (χ3n) is 2.97. The molecule has 0 aliphatic rings. The molecule has 118 valence electrons. The molecule has 5 heteroatoms. The van der Waals surface area contributed by atoms with Crippen LogP contribution in [0.2, 0.25) is 0 Å². The summed E-state index contributed by atoms with van der Waals surface area (Å²) in [6.07, 6.45) is 1.41. The van der Waals surface area contributed by atoms with E-state index in [-0.39, 0.29) is 6.09 Å². The van der Waals surface area contributed by atoms with Crippen molar-refractivity contribution in [2.24, 2.45) is 0 Å². The highest BCUT2D eigenvalue weighted by molar-refractivity contribution is 5.78. The minimum atomic E-state index is -0.462. The van der Waals surface area contributed by atoms with Gasteiger partial charge in [0.15, 0.2) is 0 Å². The molecule has 1 aromatic heterocycles. The standard InChI is InChI=1S/C17H23N3O2/c1-17(2,3)22-16(21)20-10-9-18-12-13-6-7-15-14(11-13)5-4-8-19-15/h4-8,11,18H,9-10,12H2,1-3H3,(H,20,21). The lowest BCUT2D eigenvalue weighted by Gasteiger charge is -2.19. The van der Waals surface area contributed by atoms with E-state index in [0.29, 0.717) is 13.1 Å². The van der Waals surface area contributed by atoms with Gasteiger partial charge in [-0.2, -0.15) is 0 Å². The van der Waals surface area contributed by atoms with Crippen LogP contribution in [0.3, 0.4) is 0 Å². The summed E-state index contributed by atoms with van der Waals surface area (Å²) in [5.41, 5.74) is 1.73. The molecule has 0 radical (unpaired) electrons. The highest BCUT2D eigenvalue weighted by Gasteiger charge is 2.15. The molecule has 0 atom stereocenters. The number of aromatic nitrogens is 1. The van der Waals surface area contributed by atoms with Crippen LogP contribution < -0.4 is 10.6 Å². The van der Waals surface area contributed by atoms with Crippen molar-refractivity contribution in [3.8, 4) is 0 Å². The van der Waals surface area contributed by atoms with Gasteiger partial charge in [-0.25, -0.2) is 4.79 Å². The number of fused-ring (bicyclic) bond motifs is 1. The largest absolute Gasteiger partial charge is 0.444 e. The van der Waals surface area contributed by atoms with Crippen LogP contribution in [0.1, 0.15) is 26.3 Å². The number of hydrogen-bond acceptors (Lipinski definition) is 4. The quantitative estimate of drug-likeness (QED) is 0.834. The topological polar surface area (TPSA) is 63.2 Å². The average molecular weight is 301 g/mol. The Labute approximate surface area is 131 Å². The summed E-state index contributed by atoms with van der Waals surface area (Å²) >= 11 is 0. The first kappa shape index (κ1) is 16.2. The molecule has 1 heterocycles. The Hall–Kier alpha value is -2.14. The molecule has 0 fully saturated rings. The number of hydrogen-bond donors (Lipinski definition) is 2. The molecular weight excluding hydrogens is 278 g/mol. The van der Waals surface area contributed by atoms with Gasteiger partial charge in [-0.15, -0.1) is 0 Å². The number of carbonyl (C=O) groups excluding carboxylic acids is 1. The van der Waals surface area contributed by atoms with Gasteiger partial charge in [-0.1, -0.05) is 12.1 Å². The fourth-order valence-electron chi connectivity index (χ4n) is 2.03. The van der Waals surface area contributed by atoms with Crippen LogP contribution in [0.4, 0.5) is 4.79 Å². The Kier molecular flexibility index (Phi) is 5.33. The first-order valence-electron chi connectivity index (χ1n) is 7.45. The van der Waals surface area contributed by atoms with E-state index >= 15 is 0 Å². The molecule has 5 nitrogen and oxygen atoms in total. The molecule has 1 amide bonds. The maximum atomic E-state index is 11.5. The lowest BCUT2D eigenvalue weighted by atomic mass is 10.1. The van der Waals surface area contributed by atoms with E-state index in [1.165, 1.54) is 5.56 Å². The van der Waals surface area contributed by atoms with Gasteiger partial charge in [0, 0.05) is 31.2 Å². The third-order valence-corrected chi connectivity index (χ3v) is 2.97. The number of nitrogens with one attached hydrogen (secondary N) is 2. The molecule has 0 saturated carbocycles. The molecule has 0 saturated heterocycles. The van der Waals surface area contributed by atoms with Crippen LogP contribution in [0.25, 0.3) is 10.9 Å². The molecule has 0 aliphatic carbocycles. The zero-order valence-corrected chi connectivity index (χ0v) is 13.3. The Balaban J connectivity index is 1.71. The lowest BCUT2D eigenvalue weighted by molar-refractivity contribution is 0.0528. The van der Waals surface area contributed by atoms with Gasteiger partial charge in [-0.05, 0) is 44.5 Å². The molecule has 0 aliphatic heterocycles. The fraction of sp³-hybridized carbons (Fsp3) is 0.412. The summed E-state index contributed by atoms with van der Waals surface area (Å²) in [6.45, 7) is 7.51. The number of carbonyl (C=O) groups is 1. The average Bonchev–Trinajstić information content (AvgIpc) is 2.45. The third kappa shape index (κ3) is 5.33. The highest BCUT2D eigenvalue weighted by atomic mass is 16.6. The normalized spacial score (nSPS) is 11.4. The van der Waals surface area contributed by atoms with Crippen molar-refractivity contribution in [1.29, 1.82) is 0 Å². The van der Waals surface area contributed by atoms with Crippen molar-refractivity contribution in [3.05, 3.63) is 42.1 Å². The summed E-state index contributed by atoms with van der Waals surface area (Å²) in [6, 6.07) is 10.2. The summed E-state index contributed by atoms with van der Waals surface area (Å²) in [7, 11) is 0. The van der Waals surface area contributed by atoms with Crippen molar-refractivity contribution in [1.82, 2.24) is 15.6 Å². The molecule has 0 spiro atoms. The van der Waals surface area contributed by atoms with Crippen molar-refractivity contribution in [2.45, 2.75) is 32.9 Å². The Morgan fingerprint density at radius 2 is 2.05 bits per heavy atom. The molecule has 2 rings (SSSR count). The van der Waals surface area contributed by atoms with Gasteiger partial charge < -0.3 is 15.4 Å². The van der Waals surface area contributed by atoms with Crippen LogP contribution in [0, 0.1) is 0 Å². The Morgan fingerprint density at radius 3 is 2.82 bits per heavy atom. The fourth-order valence-corrected chi connectivity index (χ4v) is 2.03. The van der Waals surface area contributed by atoms with E-state index in [1.807, 2.05) is 32.9 Å². The summed E-state index contributed by atoms with van der Waals surface area (Å²) < 4.78 is 5.17. The van der Waals surface area contributed by atoms with Gasteiger partial charge >= 0.3 is 6.09 Å². The molecule has 1 aromatic carbocycles. The van der Waals surface area contributed by atoms with Gasteiger partial charge in [0.1, 0.15) is 5.60 Å². The summed E-state index contributed by atoms with van der Waals surface area (Å²) in [5, 5.41) is 7.15. The second kappa shape index (κ2) is 7.22. The maximum Gasteiger partial charge on any atom is 0.407 e. The van der Waals surface area contributed by atoms with E-state index in [2.05, 4.69) is 33.8 Å². The maximum absolute atomic E-state index is 11.5. The first-order valence-corrected chi connectivity index (χ1v) is 7.45. The number of rotatable bonds is 5. The van der Waals surface area contributed by atoms with Gasteiger partial charge in [0.25, 0.3) is 0 Å². The van der Waals surface area contributed by atoms with Crippen molar-refractivity contribution in [2.75, 3.05) is 13.1 Å². The highest BCUT2D eigenvalue weighted by Crippen LogP contribution is 2.13. The number of ether oxygens (including phenoxy) is 1. The molecule has 22 heavy (non-hydrogen) atoms. The van der Waals surface area contributed by atoms with E-state index in [4.69, 9.17) is 4.74 Å². The number of nitrogens with zero attached hydrogens (tertiary/aromatic N) is 1. The molecule has 2 N–H and O–H groups in total. The van der Waals surface area contributed by atoms with Crippen molar-refractivity contribution >= 4 is 17.0 Å². The number of pyridine rings is 1. The van der Waals surface area contributed by atoms with E-state index in [9.17, 15) is 4.79 Å². The van der Waals surface area contributed by atoms with Crippen molar-refractivity contribution < 1.29 is 9.53 Å². The van der Waals surface area contributed by atoms with Gasteiger partial charge in [0.2, 0.25) is 0 Å². The minimum Gasteiger partial charge on any atom is -0.444 e. The molecular formula is C17H23N3O2. The number of amides is 1. The first-order chi connectivity index (χ1) is 10.4. The predicted octanol–water partition coefficient (Wildman–Crippen LogP) is 2.85. The second-order valence-electron chi connectivity index (χ2n) is 6.14. The van der Waals surface area contributed by atoms with Crippen LogP contribution in [-0.2, 0) is 11.3 Å². The number of benzene rings is 1. The Morgan fingerprint density at radius 1 is 1.23 bits per heavy atom. The van der Waals surface area contributed by atoms with Gasteiger partial charge in [0.05, 0.1) is 5.52 Å². The zero-order chi connectivity index (χ0) is 16.0.